The molecular weight excluding hydrogens is 257 g/mol. The molecule has 0 fully saturated rings. The second kappa shape index (κ2) is 5.82. The molecule has 0 aliphatic heterocycles. The minimum absolute atomic E-state index is 0.0913. The minimum Gasteiger partial charge on any atom is -0.508 e. The molecule has 0 heterocycles. The van der Waals surface area contributed by atoms with Gasteiger partial charge in [0.15, 0.2) is 0 Å². The van der Waals surface area contributed by atoms with Crippen molar-refractivity contribution in [2.75, 3.05) is 19.1 Å². The summed E-state index contributed by atoms with van der Waals surface area (Å²) in [7, 11) is 3.50. The van der Waals surface area contributed by atoms with Crippen molar-refractivity contribution in [3.63, 3.8) is 0 Å². The minimum atomic E-state index is -0.358. The number of ether oxygens (including phenoxy) is 1. The van der Waals surface area contributed by atoms with E-state index in [0.717, 1.165) is 11.4 Å². The summed E-state index contributed by atoms with van der Waals surface area (Å²) in [4.78, 5) is 1.96. The third-order valence-corrected chi connectivity index (χ3v) is 3.48. The van der Waals surface area contributed by atoms with Gasteiger partial charge in [0, 0.05) is 24.4 Å². The second-order valence-electron chi connectivity index (χ2n) is 4.69. The first kappa shape index (κ1) is 14.2. The van der Waals surface area contributed by atoms with Crippen LogP contribution in [0, 0.1) is 5.82 Å². The van der Waals surface area contributed by atoms with Crippen molar-refractivity contribution < 1.29 is 14.2 Å². The molecule has 0 radical (unpaired) electrons. The molecule has 2 aromatic carbocycles. The van der Waals surface area contributed by atoms with Crippen LogP contribution in [0.25, 0.3) is 0 Å². The van der Waals surface area contributed by atoms with Gasteiger partial charge in [-0.15, -0.1) is 0 Å². The average molecular weight is 275 g/mol. The van der Waals surface area contributed by atoms with E-state index in [1.165, 1.54) is 18.2 Å². The van der Waals surface area contributed by atoms with Gasteiger partial charge < -0.3 is 14.7 Å². The normalized spacial score (nSPS) is 12.0. The molecule has 0 aliphatic rings. The Labute approximate surface area is 118 Å². The third-order valence-electron chi connectivity index (χ3n) is 3.48. The molecule has 1 N–H and O–H groups in total. The Bertz CT molecular complexity index is 601. The Morgan fingerprint density at radius 1 is 1.20 bits per heavy atom. The van der Waals surface area contributed by atoms with Crippen molar-refractivity contribution >= 4 is 5.69 Å². The van der Waals surface area contributed by atoms with Crippen molar-refractivity contribution in [2.45, 2.75) is 13.0 Å². The number of rotatable bonds is 4. The maximum Gasteiger partial charge on any atom is 0.123 e. The number of hydrogen-bond donors (Lipinski definition) is 1. The fourth-order valence-corrected chi connectivity index (χ4v) is 2.12. The van der Waals surface area contributed by atoms with Gasteiger partial charge >= 0.3 is 0 Å². The maximum atomic E-state index is 13.3. The lowest BCUT2D eigenvalue weighted by molar-refractivity contribution is 0.414. The van der Waals surface area contributed by atoms with Crippen LogP contribution >= 0.6 is 0 Å². The summed E-state index contributed by atoms with van der Waals surface area (Å²) in [5.74, 6) is 0.488. The average Bonchev–Trinajstić information content (AvgIpc) is 2.48. The van der Waals surface area contributed by atoms with Crippen molar-refractivity contribution in [3.05, 3.63) is 53.8 Å². The fourth-order valence-electron chi connectivity index (χ4n) is 2.12. The van der Waals surface area contributed by atoms with Gasteiger partial charge in [-0.05, 0) is 37.3 Å². The monoisotopic (exact) mass is 275 g/mol. The van der Waals surface area contributed by atoms with E-state index < -0.39 is 0 Å². The Kier molecular flexibility index (Phi) is 4.13. The molecule has 0 amide bonds. The molecule has 0 aliphatic carbocycles. The zero-order valence-corrected chi connectivity index (χ0v) is 11.8. The Hall–Kier alpha value is -2.23. The van der Waals surface area contributed by atoms with Gasteiger partial charge in [-0.3, -0.25) is 0 Å². The first-order valence-electron chi connectivity index (χ1n) is 6.38. The number of methoxy groups -OCH3 is 1. The van der Waals surface area contributed by atoms with Crippen molar-refractivity contribution in [3.8, 4) is 11.5 Å². The molecule has 3 nitrogen and oxygen atoms in total. The molecule has 20 heavy (non-hydrogen) atoms. The molecule has 0 aromatic heterocycles. The molecular formula is C16H18FNO2. The molecule has 1 atom stereocenters. The lowest BCUT2D eigenvalue weighted by atomic mass is 10.1. The van der Waals surface area contributed by atoms with E-state index in [4.69, 9.17) is 4.74 Å². The second-order valence-corrected chi connectivity index (χ2v) is 4.69. The number of hydrogen-bond acceptors (Lipinski definition) is 3. The number of phenolic OH excluding ortho intramolecular Hbond substituents is 1. The number of aromatic hydroxyl groups is 1. The Balaban J connectivity index is 2.31. The molecule has 2 aromatic rings. The van der Waals surface area contributed by atoms with Crippen LogP contribution in [0.2, 0.25) is 0 Å². The van der Waals surface area contributed by atoms with Gasteiger partial charge in [0.25, 0.3) is 0 Å². The first-order chi connectivity index (χ1) is 9.52. The number of nitrogens with zero attached hydrogens (tertiary/aromatic N) is 1. The quantitative estimate of drug-likeness (QED) is 0.922. The number of benzene rings is 2. The maximum absolute atomic E-state index is 13.3. The van der Waals surface area contributed by atoms with Crippen LogP contribution < -0.4 is 9.64 Å². The SMILES string of the molecule is COc1cccc(N(C)C(C)c2cc(F)ccc2O)c1. The smallest absolute Gasteiger partial charge is 0.123 e. The van der Waals surface area contributed by atoms with Crippen LogP contribution in [0.5, 0.6) is 11.5 Å². The molecule has 0 saturated heterocycles. The summed E-state index contributed by atoms with van der Waals surface area (Å²) in [5.41, 5.74) is 1.48. The van der Waals surface area contributed by atoms with Crippen LogP contribution in [0.4, 0.5) is 10.1 Å². The highest BCUT2D eigenvalue weighted by Gasteiger charge is 2.17. The summed E-state index contributed by atoms with van der Waals surface area (Å²) in [5, 5.41) is 9.88. The third kappa shape index (κ3) is 2.85. The van der Waals surface area contributed by atoms with Crippen LogP contribution in [0.15, 0.2) is 42.5 Å². The van der Waals surface area contributed by atoms with E-state index in [9.17, 15) is 9.50 Å². The van der Waals surface area contributed by atoms with Gasteiger partial charge in [0.2, 0.25) is 0 Å². The van der Waals surface area contributed by atoms with Crippen molar-refractivity contribution in [1.29, 1.82) is 0 Å². The van der Waals surface area contributed by atoms with Gasteiger partial charge in [0.1, 0.15) is 17.3 Å². The summed E-state index contributed by atoms with van der Waals surface area (Å²) < 4.78 is 18.5. The molecule has 2 rings (SSSR count). The number of phenols is 1. The predicted molar refractivity (Wildman–Crippen MR) is 77.9 cm³/mol. The fraction of sp³-hybridized carbons (Fsp3) is 0.250. The molecule has 4 heteroatoms. The van der Waals surface area contributed by atoms with Crippen molar-refractivity contribution in [1.82, 2.24) is 0 Å². The summed E-state index contributed by atoms with van der Waals surface area (Å²) in [6.45, 7) is 1.91. The lowest BCUT2D eigenvalue weighted by Gasteiger charge is -2.28. The summed E-state index contributed by atoms with van der Waals surface area (Å²) in [6, 6.07) is 11.4. The van der Waals surface area contributed by atoms with E-state index in [0.29, 0.717) is 5.56 Å². The highest BCUT2D eigenvalue weighted by Crippen LogP contribution is 2.32. The van der Waals surface area contributed by atoms with Gasteiger partial charge in [-0.1, -0.05) is 6.07 Å². The first-order valence-corrected chi connectivity index (χ1v) is 6.38. The van der Waals surface area contributed by atoms with Gasteiger partial charge in [0.05, 0.1) is 13.2 Å². The van der Waals surface area contributed by atoms with Crippen LogP contribution in [0.3, 0.4) is 0 Å². The number of halogens is 1. The van der Waals surface area contributed by atoms with E-state index in [1.807, 2.05) is 43.1 Å². The molecule has 0 saturated carbocycles. The molecule has 1 unspecified atom stereocenters. The van der Waals surface area contributed by atoms with E-state index in [1.54, 1.807) is 7.11 Å². The van der Waals surface area contributed by atoms with Crippen molar-refractivity contribution in [2.24, 2.45) is 0 Å². The predicted octanol–water partition coefficient (Wildman–Crippen LogP) is 3.74. The summed E-state index contributed by atoms with van der Waals surface area (Å²) in [6.07, 6.45) is 0. The standard InChI is InChI=1S/C16H18FNO2/c1-11(15-9-12(17)7-8-16(15)19)18(2)13-5-4-6-14(10-13)20-3/h4-11,19H,1-3H3. The summed E-state index contributed by atoms with van der Waals surface area (Å²) >= 11 is 0. The van der Waals surface area contributed by atoms with Crippen LogP contribution in [-0.2, 0) is 0 Å². The topological polar surface area (TPSA) is 32.7 Å². The van der Waals surface area contributed by atoms with Gasteiger partial charge in [-0.25, -0.2) is 4.39 Å². The zero-order chi connectivity index (χ0) is 14.7. The molecule has 0 bridgehead atoms. The van der Waals surface area contributed by atoms with Crippen LogP contribution in [-0.4, -0.2) is 19.3 Å². The van der Waals surface area contributed by atoms with Gasteiger partial charge in [-0.2, -0.15) is 0 Å². The van der Waals surface area contributed by atoms with E-state index in [2.05, 4.69) is 0 Å². The lowest BCUT2D eigenvalue weighted by Crippen LogP contribution is -2.21. The highest BCUT2D eigenvalue weighted by atomic mass is 19.1. The largest absolute Gasteiger partial charge is 0.508 e. The van der Waals surface area contributed by atoms with E-state index in [-0.39, 0.29) is 17.6 Å². The Morgan fingerprint density at radius 2 is 1.95 bits per heavy atom. The zero-order valence-electron chi connectivity index (χ0n) is 11.8. The molecule has 0 spiro atoms. The Morgan fingerprint density at radius 3 is 2.65 bits per heavy atom. The van der Waals surface area contributed by atoms with E-state index >= 15 is 0 Å². The molecule has 106 valence electrons. The highest BCUT2D eigenvalue weighted by molar-refractivity contribution is 5.53. The number of anilines is 1. The van der Waals surface area contributed by atoms with Crippen LogP contribution in [0.1, 0.15) is 18.5 Å².